The van der Waals surface area contributed by atoms with Crippen molar-refractivity contribution in [1.82, 2.24) is 20.4 Å². The van der Waals surface area contributed by atoms with Gasteiger partial charge in [-0.3, -0.25) is 28.9 Å². The summed E-state index contributed by atoms with van der Waals surface area (Å²) in [6, 6.07) is -1.57. The summed E-state index contributed by atoms with van der Waals surface area (Å²) in [5.74, 6) is -6.22. The van der Waals surface area contributed by atoms with E-state index >= 15 is 0 Å². The molecular weight excluding hydrogens is 663 g/mol. The second kappa shape index (κ2) is 14.0. The molecule has 0 radical (unpaired) electrons. The summed E-state index contributed by atoms with van der Waals surface area (Å²) < 4.78 is 24.5. The molecule has 0 spiro atoms. The Morgan fingerprint density at radius 2 is 1.78 bits per heavy atom. The van der Waals surface area contributed by atoms with Crippen molar-refractivity contribution >= 4 is 42.8 Å². The Kier molecular flexibility index (Phi) is 10.6. The molecule has 280 valence electrons. The van der Waals surface area contributed by atoms with E-state index in [1.807, 2.05) is 6.92 Å². The average Bonchev–Trinajstić information content (AvgIpc) is 3.41. The van der Waals surface area contributed by atoms with E-state index < -0.39 is 83.9 Å². The van der Waals surface area contributed by atoms with Gasteiger partial charge in [0.1, 0.15) is 23.2 Å². The van der Waals surface area contributed by atoms with Gasteiger partial charge in [-0.25, -0.2) is 4.79 Å². The van der Waals surface area contributed by atoms with Crippen LogP contribution in [0, 0.1) is 23.2 Å². The van der Waals surface area contributed by atoms with E-state index in [1.54, 1.807) is 45.9 Å². The molecule has 2 bridgehead atoms. The summed E-state index contributed by atoms with van der Waals surface area (Å²) in [5.41, 5.74) is -3.04. The van der Waals surface area contributed by atoms with Gasteiger partial charge in [-0.2, -0.15) is 0 Å². The van der Waals surface area contributed by atoms with Crippen molar-refractivity contribution < 1.29 is 52.7 Å². The lowest BCUT2D eigenvalue weighted by molar-refractivity contribution is -0.199. The van der Waals surface area contributed by atoms with E-state index in [0.29, 0.717) is 12.5 Å². The number of ether oxygens (including phenoxy) is 2. The summed E-state index contributed by atoms with van der Waals surface area (Å²) in [4.78, 5) is 80.8. The van der Waals surface area contributed by atoms with Crippen LogP contribution in [0.3, 0.4) is 0 Å². The number of hydrogen-bond donors (Lipinski definition) is 3. The predicted molar refractivity (Wildman–Crippen MR) is 183 cm³/mol. The van der Waals surface area contributed by atoms with Crippen molar-refractivity contribution in [3.8, 4) is 0 Å². The molecule has 2 saturated heterocycles. The van der Waals surface area contributed by atoms with E-state index in [9.17, 15) is 33.9 Å². The number of carboxylic acids is 1. The van der Waals surface area contributed by atoms with E-state index in [-0.39, 0.29) is 36.9 Å². The number of allylic oxidation sites excluding steroid dienone is 2. The molecule has 2 aliphatic heterocycles. The zero-order chi connectivity index (χ0) is 37.7. The number of rotatable bonds is 11. The fraction of sp³-hybridized carbons (Fsp3) is 0.714. The molecule has 5 fully saturated rings. The Balaban J connectivity index is 1.44. The maximum Gasteiger partial charge on any atom is 0.481 e. The number of alkyl carbamates (subject to hydrolysis) is 1. The lowest BCUT2D eigenvalue weighted by atomic mass is 9.43. The van der Waals surface area contributed by atoms with Gasteiger partial charge in [0.05, 0.1) is 24.1 Å². The third kappa shape index (κ3) is 7.32. The number of imide groups is 1. The Morgan fingerprint density at radius 1 is 1.08 bits per heavy atom. The minimum Gasteiger partial charge on any atom is -0.481 e. The van der Waals surface area contributed by atoms with Crippen molar-refractivity contribution in [1.29, 1.82) is 0 Å². The van der Waals surface area contributed by atoms with E-state index in [0.717, 1.165) is 17.7 Å². The maximum atomic E-state index is 14.3. The average molecular weight is 715 g/mol. The number of amides is 5. The molecule has 6 aliphatic rings. The molecule has 16 heteroatoms. The van der Waals surface area contributed by atoms with Gasteiger partial charge in [0.15, 0.2) is 0 Å². The number of aliphatic carboxylic acids is 1. The van der Waals surface area contributed by atoms with Gasteiger partial charge < -0.3 is 39.4 Å². The number of hydrogen-bond acceptors (Lipinski definition) is 10. The van der Waals surface area contributed by atoms with E-state index in [1.165, 1.54) is 18.1 Å². The summed E-state index contributed by atoms with van der Waals surface area (Å²) in [6.45, 7) is 13.4. The molecule has 51 heavy (non-hydrogen) atoms. The number of methoxy groups -OCH3 is 1. The third-order valence-corrected chi connectivity index (χ3v) is 11.5. The molecule has 0 aromatic carbocycles. The molecule has 6 rings (SSSR count). The number of nitrogens with one attached hydrogen (secondary N) is 2. The minimum absolute atomic E-state index is 0.0194. The first-order valence-electron chi connectivity index (χ1n) is 17.7. The highest BCUT2D eigenvalue weighted by atomic mass is 16.7. The molecule has 3 N–H and O–H groups in total. The topological polar surface area (TPSA) is 190 Å². The molecule has 0 aromatic heterocycles. The second-order valence-electron chi connectivity index (χ2n) is 16.0. The quantitative estimate of drug-likeness (QED) is 0.209. The van der Waals surface area contributed by atoms with E-state index in [2.05, 4.69) is 24.5 Å². The first kappa shape index (κ1) is 38.5. The predicted octanol–water partition coefficient (Wildman–Crippen LogP) is 1.84. The Morgan fingerprint density at radius 3 is 2.39 bits per heavy atom. The highest BCUT2D eigenvalue weighted by Crippen LogP contribution is 2.65. The Hall–Kier alpha value is -3.76. The number of piperazine rings is 1. The largest absolute Gasteiger partial charge is 0.481 e. The molecular formula is C35H51BN4O11. The second-order valence-corrected chi connectivity index (χ2v) is 16.0. The number of carbonyl (C=O) groups is 6. The van der Waals surface area contributed by atoms with Crippen LogP contribution in [0.25, 0.3) is 0 Å². The van der Waals surface area contributed by atoms with Crippen LogP contribution < -0.4 is 10.6 Å². The zero-order valence-electron chi connectivity index (χ0n) is 30.7. The van der Waals surface area contributed by atoms with Gasteiger partial charge in [0.25, 0.3) is 0 Å². The lowest BCUT2D eigenvalue weighted by Crippen LogP contribution is -2.65. The normalized spacial score (nSPS) is 32.1. The standard InChI is InChI=1S/C35H51BN4O11/c1-9-39-14-15-40(29(44)28(39)43)26(41)18-22(37-31(47)49-32(2,3)4)27(42)38-25(19-35(48-8)13-11-10-12-21(35)30(45)46)36-50-24-17-20-16-23(33(20,5)6)34(24,7)51-36/h10-13,20-25H,9,14-19H2,1-8H3,(H,37,47)(H,38,42)(H,45,46)/t20-,21?,22?,23+,24?,25-,34+,35+/m1/s1. The van der Waals surface area contributed by atoms with Crippen LogP contribution in [0.5, 0.6) is 0 Å². The molecule has 15 nitrogen and oxygen atoms in total. The monoisotopic (exact) mass is 714 g/mol. The van der Waals surface area contributed by atoms with Gasteiger partial charge >= 0.3 is 31.0 Å². The van der Waals surface area contributed by atoms with Crippen LogP contribution in [-0.4, -0.2) is 119 Å². The fourth-order valence-corrected chi connectivity index (χ4v) is 8.50. The van der Waals surface area contributed by atoms with Crippen LogP contribution in [0.2, 0.25) is 0 Å². The minimum atomic E-state index is -1.57. The maximum absolute atomic E-state index is 14.3. The molecule has 3 unspecified atom stereocenters. The molecule has 2 heterocycles. The molecule has 0 aromatic rings. The third-order valence-electron chi connectivity index (χ3n) is 11.5. The first-order valence-corrected chi connectivity index (χ1v) is 17.7. The SMILES string of the molecule is CCN1CCN(C(=O)CC(NC(=O)OC(C)(C)C)C(=O)N[C@H](C[C@@]2(OC)C=CC=CC2C(=O)O)B2OC3C[C@H]4C[C@@H](C4(C)C)[C@]3(C)O2)C(=O)C1=O. The first-order chi connectivity index (χ1) is 23.8. The zero-order valence-corrected chi connectivity index (χ0v) is 30.7. The van der Waals surface area contributed by atoms with Gasteiger partial charge in [0, 0.05) is 26.7 Å². The molecule has 4 aliphatic carbocycles. The number of carboxylic acid groups (broad SMARTS) is 1. The van der Waals surface area contributed by atoms with Gasteiger partial charge in [-0.15, -0.1) is 0 Å². The van der Waals surface area contributed by atoms with Crippen molar-refractivity contribution in [2.75, 3.05) is 26.7 Å². The van der Waals surface area contributed by atoms with Gasteiger partial charge in [-0.1, -0.05) is 38.2 Å². The van der Waals surface area contributed by atoms with Gasteiger partial charge in [-0.05, 0) is 71.1 Å². The van der Waals surface area contributed by atoms with Crippen LogP contribution in [0.15, 0.2) is 24.3 Å². The highest BCUT2D eigenvalue weighted by molar-refractivity contribution is 6.48. The van der Waals surface area contributed by atoms with Gasteiger partial charge in [0.2, 0.25) is 11.8 Å². The van der Waals surface area contributed by atoms with Crippen molar-refractivity contribution in [2.45, 2.75) is 109 Å². The van der Waals surface area contributed by atoms with Crippen LogP contribution >= 0.6 is 0 Å². The van der Waals surface area contributed by atoms with Crippen LogP contribution in [0.4, 0.5) is 4.79 Å². The number of nitrogens with zero attached hydrogens (tertiary/aromatic N) is 2. The fourth-order valence-electron chi connectivity index (χ4n) is 8.50. The lowest BCUT2D eigenvalue weighted by Gasteiger charge is -2.64. The molecule has 8 atom stereocenters. The molecule has 5 amide bonds. The smallest absolute Gasteiger partial charge is 0.481 e. The van der Waals surface area contributed by atoms with Crippen molar-refractivity contribution in [3.63, 3.8) is 0 Å². The Bertz CT molecular complexity index is 1510. The number of carbonyl (C=O) groups excluding carboxylic acids is 5. The van der Waals surface area contributed by atoms with E-state index in [4.69, 9.17) is 18.8 Å². The van der Waals surface area contributed by atoms with Crippen LogP contribution in [0.1, 0.15) is 74.1 Å². The summed E-state index contributed by atoms with van der Waals surface area (Å²) in [7, 11) is 0.342. The number of likely N-dealkylation sites (N-methyl/N-ethyl adjacent to an activating group) is 1. The summed E-state index contributed by atoms with van der Waals surface area (Å²) in [6.07, 6.45) is 6.06. The molecule has 3 saturated carbocycles. The highest BCUT2D eigenvalue weighted by Gasteiger charge is 2.69. The van der Waals surface area contributed by atoms with Crippen molar-refractivity contribution in [3.05, 3.63) is 24.3 Å². The van der Waals surface area contributed by atoms with Crippen molar-refractivity contribution in [2.24, 2.45) is 23.2 Å². The van der Waals surface area contributed by atoms with Crippen LogP contribution in [-0.2, 0) is 42.8 Å². The Labute approximate surface area is 298 Å². The summed E-state index contributed by atoms with van der Waals surface area (Å²) >= 11 is 0. The summed E-state index contributed by atoms with van der Waals surface area (Å²) in [5, 5.41) is 15.5.